The van der Waals surface area contributed by atoms with E-state index in [2.05, 4.69) is 4.98 Å². The molecule has 0 spiro atoms. The first-order chi connectivity index (χ1) is 8.31. The second-order valence-electron chi connectivity index (χ2n) is 4.82. The molecule has 0 radical (unpaired) electrons. The van der Waals surface area contributed by atoms with E-state index in [0.717, 1.165) is 18.4 Å². The van der Waals surface area contributed by atoms with Gasteiger partial charge in [0.2, 0.25) is 5.88 Å². The summed E-state index contributed by atoms with van der Waals surface area (Å²) in [6, 6.07) is 3.94. The molecule has 1 atom stereocenters. The van der Waals surface area contributed by atoms with E-state index in [4.69, 9.17) is 4.74 Å². The lowest BCUT2D eigenvalue weighted by molar-refractivity contribution is 0.102. The number of rotatable bonds is 5. The van der Waals surface area contributed by atoms with Gasteiger partial charge in [-0.15, -0.1) is 0 Å². The van der Waals surface area contributed by atoms with Gasteiger partial charge in [-0.3, -0.25) is 0 Å². The van der Waals surface area contributed by atoms with Crippen LogP contribution in [0.3, 0.4) is 0 Å². The van der Waals surface area contributed by atoms with Crippen molar-refractivity contribution in [3.05, 3.63) is 23.9 Å². The minimum Gasteiger partial charge on any atom is -0.481 e. The third kappa shape index (κ3) is 3.19. The number of hydrogen-bond donors (Lipinski definition) is 1. The number of ether oxygens (including phenoxy) is 1. The molecule has 1 aliphatic rings. The number of aryl methyl sites for hydroxylation is 1. The predicted octanol–water partition coefficient (Wildman–Crippen LogP) is 2.57. The fourth-order valence-electron chi connectivity index (χ4n) is 2.68. The molecule has 1 N–H and O–H groups in total. The van der Waals surface area contributed by atoms with E-state index in [1.54, 1.807) is 13.3 Å². The maximum Gasteiger partial charge on any atom is 0.216 e. The molecule has 1 aromatic heterocycles. The summed E-state index contributed by atoms with van der Waals surface area (Å²) < 4.78 is 5.21. The maximum absolute atomic E-state index is 10.1. The van der Waals surface area contributed by atoms with Crippen molar-refractivity contribution in [3.63, 3.8) is 0 Å². The van der Waals surface area contributed by atoms with Gasteiger partial charge in [-0.2, -0.15) is 0 Å². The summed E-state index contributed by atoms with van der Waals surface area (Å²) >= 11 is 0. The van der Waals surface area contributed by atoms with Gasteiger partial charge in [-0.25, -0.2) is 4.98 Å². The van der Waals surface area contributed by atoms with Crippen molar-refractivity contribution in [1.82, 2.24) is 4.98 Å². The van der Waals surface area contributed by atoms with Crippen molar-refractivity contribution in [1.29, 1.82) is 0 Å². The molecule has 17 heavy (non-hydrogen) atoms. The topological polar surface area (TPSA) is 42.4 Å². The first-order valence-corrected chi connectivity index (χ1v) is 6.47. The minimum atomic E-state index is -0.164. The lowest BCUT2D eigenvalue weighted by Crippen LogP contribution is -2.18. The Morgan fingerprint density at radius 2 is 2.24 bits per heavy atom. The lowest BCUT2D eigenvalue weighted by atomic mass is 9.95. The van der Waals surface area contributed by atoms with Crippen LogP contribution in [0.2, 0.25) is 0 Å². The zero-order chi connectivity index (χ0) is 12.1. The van der Waals surface area contributed by atoms with Crippen LogP contribution in [0.5, 0.6) is 5.88 Å². The highest BCUT2D eigenvalue weighted by Crippen LogP contribution is 2.30. The quantitative estimate of drug-likeness (QED) is 0.853. The summed E-state index contributed by atoms with van der Waals surface area (Å²) in [4.78, 5) is 4.17. The number of pyridine rings is 1. The number of aliphatic hydroxyl groups is 1. The van der Waals surface area contributed by atoms with E-state index in [1.807, 2.05) is 12.1 Å². The Morgan fingerprint density at radius 3 is 2.94 bits per heavy atom. The summed E-state index contributed by atoms with van der Waals surface area (Å²) in [5.41, 5.74) is 1.09. The first-order valence-electron chi connectivity index (χ1n) is 6.47. The van der Waals surface area contributed by atoms with Crippen molar-refractivity contribution in [2.75, 3.05) is 7.11 Å². The van der Waals surface area contributed by atoms with Crippen LogP contribution in [-0.4, -0.2) is 23.3 Å². The van der Waals surface area contributed by atoms with Crippen LogP contribution in [0.15, 0.2) is 18.3 Å². The van der Waals surface area contributed by atoms with E-state index >= 15 is 0 Å². The van der Waals surface area contributed by atoms with Gasteiger partial charge in [0.05, 0.1) is 13.2 Å². The molecule has 1 aromatic rings. The third-order valence-electron chi connectivity index (χ3n) is 3.70. The molecule has 0 aromatic carbocycles. The second kappa shape index (κ2) is 6.01. The number of hydrogen-bond acceptors (Lipinski definition) is 3. The Labute approximate surface area is 103 Å². The van der Waals surface area contributed by atoms with Crippen LogP contribution in [0, 0.1) is 5.92 Å². The summed E-state index contributed by atoms with van der Waals surface area (Å²) in [7, 11) is 1.64. The molecular formula is C14H21NO2. The van der Waals surface area contributed by atoms with Crippen molar-refractivity contribution in [2.24, 2.45) is 5.92 Å². The Morgan fingerprint density at radius 1 is 1.47 bits per heavy atom. The zero-order valence-electron chi connectivity index (χ0n) is 10.4. The predicted molar refractivity (Wildman–Crippen MR) is 67.1 cm³/mol. The van der Waals surface area contributed by atoms with Crippen LogP contribution in [-0.2, 0) is 6.42 Å². The molecule has 3 nitrogen and oxygen atoms in total. The molecule has 1 fully saturated rings. The summed E-state index contributed by atoms with van der Waals surface area (Å²) in [6.07, 6.45) is 8.14. The van der Waals surface area contributed by atoms with Crippen LogP contribution < -0.4 is 4.74 Å². The molecule has 1 aliphatic carbocycles. The minimum absolute atomic E-state index is 0.164. The van der Waals surface area contributed by atoms with Crippen molar-refractivity contribution in [2.45, 2.75) is 44.6 Å². The molecule has 0 amide bonds. The van der Waals surface area contributed by atoms with Gasteiger partial charge in [0.25, 0.3) is 0 Å². The van der Waals surface area contributed by atoms with Crippen LogP contribution in [0.25, 0.3) is 0 Å². The molecule has 3 heteroatoms. The highest BCUT2D eigenvalue weighted by molar-refractivity contribution is 5.25. The number of methoxy groups -OCH3 is 1. The normalized spacial score (nSPS) is 18.2. The van der Waals surface area contributed by atoms with Gasteiger partial charge < -0.3 is 9.84 Å². The molecule has 1 heterocycles. The van der Waals surface area contributed by atoms with Crippen molar-refractivity contribution < 1.29 is 9.84 Å². The fraction of sp³-hybridized carbons (Fsp3) is 0.643. The largest absolute Gasteiger partial charge is 0.481 e. The lowest BCUT2D eigenvalue weighted by Gasteiger charge is -2.17. The summed E-state index contributed by atoms with van der Waals surface area (Å²) in [5.74, 6) is 1.20. The molecule has 0 saturated heterocycles. The number of nitrogens with zero attached hydrogens (tertiary/aromatic N) is 1. The van der Waals surface area contributed by atoms with Crippen molar-refractivity contribution in [3.8, 4) is 5.88 Å². The summed E-state index contributed by atoms with van der Waals surface area (Å²) in [5, 5.41) is 10.1. The van der Waals surface area contributed by atoms with E-state index in [9.17, 15) is 5.11 Å². The standard InChI is InChI=1S/C14H21NO2/c1-17-14-12(7-4-10-15-14)8-9-13(16)11-5-2-3-6-11/h4,7,10-11,13,16H,2-3,5-6,8-9H2,1H3. The summed E-state index contributed by atoms with van der Waals surface area (Å²) in [6.45, 7) is 0. The van der Waals surface area contributed by atoms with Crippen LogP contribution in [0.1, 0.15) is 37.7 Å². The monoisotopic (exact) mass is 235 g/mol. The van der Waals surface area contributed by atoms with Gasteiger partial charge in [0, 0.05) is 11.8 Å². The maximum atomic E-state index is 10.1. The number of aromatic nitrogens is 1. The Kier molecular flexibility index (Phi) is 4.37. The molecule has 0 bridgehead atoms. The second-order valence-corrected chi connectivity index (χ2v) is 4.82. The number of aliphatic hydroxyl groups excluding tert-OH is 1. The molecule has 2 rings (SSSR count). The van der Waals surface area contributed by atoms with E-state index in [-0.39, 0.29) is 6.10 Å². The van der Waals surface area contributed by atoms with E-state index in [1.165, 1.54) is 25.7 Å². The Hall–Kier alpha value is -1.09. The highest BCUT2D eigenvalue weighted by Gasteiger charge is 2.23. The molecule has 0 aliphatic heterocycles. The average Bonchev–Trinajstić information content (AvgIpc) is 2.90. The van der Waals surface area contributed by atoms with Gasteiger partial charge in [-0.05, 0) is 37.7 Å². The van der Waals surface area contributed by atoms with Crippen LogP contribution >= 0.6 is 0 Å². The Bertz CT molecular complexity index is 348. The molecular weight excluding hydrogens is 214 g/mol. The van der Waals surface area contributed by atoms with Gasteiger partial charge >= 0.3 is 0 Å². The SMILES string of the molecule is COc1ncccc1CCC(O)C1CCCC1. The molecule has 1 saturated carbocycles. The molecule has 94 valence electrons. The van der Waals surface area contributed by atoms with Gasteiger partial charge in [0.1, 0.15) is 0 Å². The van der Waals surface area contributed by atoms with Gasteiger partial charge in [-0.1, -0.05) is 18.9 Å². The third-order valence-corrected chi connectivity index (χ3v) is 3.70. The smallest absolute Gasteiger partial charge is 0.216 e. The fourth-order valence-corrected chi connectivity index (χ4v) is 2.68. The zero-order valence-corrected chi connectivity index (χ0v) is 10.4. The average molecular weight is 235 g/mol. The Balaban J connectivity index is 1.88. The highest BCUT2D eigenvalue weighted by atomic mass is 16.5. The van der Waals surface area contributed by atoms with Gasteiger partial charge in [0.15, 0.2) is 0 Å². The van der Waals surface area contributed by atoms with Crippen LogP contribution in [0.4, 0.5) is 0 Å². The van der Waals surface area contributed by atoms with E-state index in [0.29, 0.717) is 11.8 Å². The van der Waals surface area contributed by atoms with Crippen molar-refractivity contribution >= 4 is 0 Å². The molecule has 1 unspecified atom stereocenters. The van der Waals surface area contributed by atoms with E-state index < -0.39 is 0 Å². The first kappa shape index (κ1) is 12.4.